The van der Waals surface area contributed by atoms with Gasteiger partial charge in [0.25, 0.3) is 0 Å². The normalized spacial score (nSPS) is 28.5. The molecule has 1 saturated carbocycles. The molecule has 0 spiro atoms. The summed E-state index contributed by atoms with van der Waals surface area (Å²) in [5, 5.41) is 13.3. The van der Waals surface area contributed by atoms with Crippen molar-refractivity contribution in [2.75, 3.05) is 18.2 Å². The average Bonchev–Trinajstić information content (AvgIpc) is 3.33. The van der Waals surface area contributed by atoms with E-state index in [0.29, 0.717) is 6.42 Å². The number of nitrogens with zero attached hydrogens (tertiary/aromatic N) is 5. The standard InChI is InChI=1S/C17H21N5O4/c1-3-25-16(23)21-12-10-13(22(21)17(24)26-4-2)15-14(12)18-19-20(15)11-8-6-5-7-9-11/h5-9,12-15H,3-4,10H2,1-2H3. The molecule has 0 N–H and O–H groups in total. The van der Waals surface area contributed by atoms with Crippen molar-refractivity contribution in [2.45, 2.75) is 44.4 Å². The van der Waals surface area contributed by atoms with Crippen LogP contribution in [-0.4, -0.2) is 59.6 Å². The SMILES string of the molecule is CCOC(=O)N1C2CC(C3C2N=NN3c2ccccc2)N1C(=O)OCC. The van der Waals surface area contributed by atoms with E-state index >= 15 is 0 Å². The molecule has 2 amide bonds. The fraction of sp³-hybridized carbons (Fsp3) is 0.529. The van der Waals surface area contributed by atoms with Crippen LogP contribution in [0.1, 0.15) is 20.3 Å². The first-order valence-electron chi connectivity index (χ1n) is 8.84. The second-order valence-corrected chi connectivity index (χ2v) is 6.32. The number of carbonyl (C=O) groups excluding carboxylic acids is 2. The summed E-state index contributed by atoms with van der Waals surface area (Å²) in [5.41, 5.74) is 0.905. The van der Waals surface area contributed by atoms with Gasteiger partial charge < -0.3 is 9.47 Å². The molecule has 1 aromatic carbocycles. The molecule has 2 bridgehead atoms. The number of rotatable bonds is 3. The molecule has 2 heterocycles. The number of anilines is 1. The topological polar surface area (TPSA) is 87.0 Å². The van der Waals surface area contributed by atoms with Gasteiger partial charge in [0.1, 0.15) is 12.1 Å². The second-order valence-electron chi connectivity index (χ2n) is 6.32. The smallest absolute Gasteiger partial charge is 0.429 e. The van der Waals surface area contributed by atoms with Crippen molar-refractivity contribution < 1.29 is 19.1 Å². The maximum absolute atomic E-state index is 12.6. The fourth-order valence-corrected chi connectivity index (χ4v) is 4.05. The number of carbonyl (C=O) groups is 2. The third-order valence-corrected chi connectivity index (χ3v) is 4.98. The van der Waals surface area contributed by atoms with Crippen LogP contribution in [-0.2, 0) is 9.47 Å². The first-order chi connectivity index (χ1) is 12.7. The van der Waals surface area contributed by atoms with Gasteiger partial charge in [-0.3, -0.25) is 0 Å². The number of para-hydroxylation sites is 1. The van der Waals surface area contributed by atoms with Crippen LogP contribution in [0.2, 0.25) is 0 Å². The summed E-state index contributed by atoms with van der Waals surface area (Å²) in [5.74, 6) is 0. The molecule has 138 valence electrons. The molecule has 0 radical (unpaired) electrons. The van der Waals surface area contributed by atoms with Crippen LogP contribution in [0.3, 0.4) is 0 Å². The van der Waals surface area contributed by atoms with Gasteiger partial charge in [0.15, 0.2) is 0 Å². The summed E-state index contributed by atoms with van der Waals surface area (Å²) in [6.45, 7) is 3.93. The largest absolute Gasteiger partial charge is 0.448 e. The molecule has 1 aromatic rings. The number of amides is 2. The van der Waals surface area contributed by atoms with E-state index in [2.05, 4.69) is 10.3 Å². The van der Waals surface area contributed by atoms with E-state index < -0.39 is 12.2 Å². The van der Waals surface area contributed by atoms with Gasteiger partial charge in [-0.2, -0.15) is 5.11 Å². The molecule has 1 aliphatic carbocycles. The molecule has 4 unspecified atom stereocenters. The van der Waals surface area contributed by atoms with Gasteiger partial charge in [-0.15, -0.1) is 0 Å². The van der Waals surface area contributed by atoms with Crippen molar-refractivity contribution in [3.8, 4) is 0 Å². The molecule has 2 fully saturated rings. The van der Waals surface area contributed by atoms with Crippen molar-refractivity contribution in [3.63, 3.8) is 0 Å². The average molecular weight is 359 g/mol. The number of hydrazine groups is 1. The number of hydrogen-bond donors (Lipinski definition) is 0. The Morgan fingerprint density at radius 3 is 2.27 bits per heavy atom. The lowest BCUT2D eigenvalue weighted by atomic mass is 10.1. The first kappa shape index (κ1) is 16.6. The van der Waals surface area contributed by atoms with Gasteiger partial charge >= 0.3 is 12.2 Å². The van der Waals surface area contributed by atoms with Crippen molar-refractivity contribution >= 4 is 17.9 Å². The number of ether oxygens (including phenoxy) is 2. The summed E-state index contributed by atoms with van der Waals surface area (Å²) in [7, 11) is 0. The van der Waals surface area contributed by atoms with E-state index in [4.69, 9.17) is 9.47 Å². The summed E-state index contributed by atoms with van der Waals surface area (Å²) < 4.78 is 10.3. The predicted molar refractivity (Wildman–Crippen MR) is 91.3 cm³/mol. The molecular weight excluding hydrogens is 338 g/mol. The summed E-state index contributed by atoms with van der Waals surface area (Å²) >= 11 is 0. The Kier molecular flexibility index (Phi) is 4.14. The van der Waals surface area contributed by atoms with Crippen LogP contribution in [0.5, 0.6) is 0 Å². The van der Waals surface area contributed by atoms with Gasteiger partial charge in [0, 0.05) is 0 Å². The van der Waals surface area contributed by atoms with Gasteiger partial charge in [-0.25, -0.2) is 24.6 Å². The summed E-state index contributed by atoms with van der Waals surface area (Å²) in [4.78, 5) is 25.0. The maximum Gasteiger partial charge on any atom is 0.429 e. The molecule has 0 aromatic heterocycles. The van der Waals surface area contributed by atoms with Crippen LogP contribution in [0.15, 0.2) is 40.7 Å². The van der Waals surface area contributed by atoms with E-state index in [1.165, 1.54) is 10.0 Å². The highest BCUT2D eigenvalue weighted by atomic mass is 16.6. The molecule has 9 heteroatoms. The third-order valence-electron chi connectivity index (χ3n) is 4.98. The minimum atomic E-state index is -0.556. The Morgan fingerprint density at radius 1 is 1.04 bits per heavy atom. The molecular formula is C17H21N5O4. The second kappa shape index (κ2) is 6.47. The Labute approximate surface area is 151 Å². The number of fused-ring (bicyclic) bond motifs is 5. The van der Waals surface area contributed by atoms with E-state index in [0.717, 1.165) is 5.69 Å². The predicted octanol–water partition coefficient (Wildman–Crippen LogP) is 2.60. The number of hydrogen-bond acceptors (Lipinski definition) is 7. The highest BCUT2D eigenvalue weighted by molar-refractivity contribution is 5.77. The lowest BCUT2D eigenvalue weighted by Gasteiger charge is -2.41. The zero-order valence-electron chi connectivity index (χ0n) is 14.7. The van der Waals surface area contributed by atoms with E-state index in [9.17, 15) is 9.59 Å². The van der Waals surface area contributed by atoms with Crippen LogP contribution < -0.4 is 5.01 Å². The van der Waals surface area contributed by atoms with Crippen molar-refractivity contribution in [2.24, 2.45) is 10.3 Å². The van der Waals surface area contributed by atoms with E-state index in [1.807, 2.05) is 35.3 Å². The number of benzene rings is 1. The molecule has 9 nitrogen and oxygen atoms in total. The Morgan fingerprint density at radius 2 is 1.65 bits per heavy atom. The Hall–Kier alpha value is -2.84. The zero-order chi connectivity index (χ0) is 18.3. The third kappa shape index (κ3) is 2.38. The maximum atomic E-state index is 12.6. The summed E-state index contributed by atoms with van der Waals surface area (Å²) in [6.07, 6.45) is -0.485. The quantitative estimate of drug-likeness (QED) is 0.828. The molecule has 4 atom stereocenters. The van der Waals surface area contributed by atoms with Gasteiger partial charge in [-0.05, 0) is 32.4 Å². The molecule has 1 saturated heterocycles. The Balaban J connectivity index is 1.66. The molecule has 4 rings (SSSR count). The van der Waals surface area contributed by atoms with Gasteiger partial charge in [0.2, 0.25) is 0 Å². The monoisotopic (exact) mass is 359 g/mol. The van der Waals surface area contributed by atoms with E-state index in [-0.39, 0.29) is 37.4 Å². The fourth-order valence-electron chi connectivity index (χ4n) is 4.05. The lowest BCUT2D eigenvalue weighted by Crippen LogP contribution is -2.63. The van der Waals surface area contributed by atoms with Crippen molar-refractivity contribution in [3.05, 3.63) is 30.3 Å². The van der Waals surface area contributed by atoms with Crippen LogP contribution >= 0.6 is 0 Å². The first-order valence-corrected chi connectivity index (χ1v) is 8.84. The molecule has 3 aliphatic rings. The molecule has 2 aliphatic heterocycles. The summed E-state index contributed by atoms with van der Waals surface area (Å²) in [6, 6.07) is 8.83. The molecule has 26 heavy (non-hydrogen) atoms. The zero-order valence-corrected chi connectivity index (χ0v) is 14.7. The highest BCUT2D eigenvalue weighted by Gasteiger charge is 2.64. The minimum Gasteiger partial charge on any atom is -0.448 e. The lowest BCUT2D eigenvalue weighted by molar-refractivity contribution is -0.0456. The van der Waals surface area contributed by atoms with Crippen molar-refractivity contribution in [1.29, 1.82) is 0 Å². The Bertz CT molecular complexity index is 727. The van der Waals surface area contributed by atoms with Crippen LogP contribution in [0.4, 0.5) is 15.3 Å². The van der Waals surface area contributed by atoms with Crippen molar-refractivity contribution in [1.82, 2.24) is 10.0 Å². The highest BCUT2D eigenvalue weighted by Crippen LogP contribution is 2.46. The van der Waals surface area contributed by atoms with Crippen LogP contribution in [0, 0.1) is 0 Å². The van der Waals surface area contributed by atoms with Gasteiger partial charge in [-0.1, -0.05) is 23.4 Å². The van der Waals surface area contributed by atoms with Crippen LogP contribution in [0.25, 0.3) is 0 Å². The van der Waals surface area contributed by atoms with E-state index in [1.54, 1.807) is 13.8 Å². The minimum absolute atomic E-state index is 0.127. The van der Waals surface area contributed by atoms with Gasteiger partial charge in [0.05, 0.1) is 31.0 Å².